The van der Waals surface area contributed by atoms with Crippen LogP contribution in [0.3, 0.4) is 0 Å². The van der Waals surface area contributed by atoms with Gasteiger partial charge < -0.3 is 5.11 Å². The van der Waals surface area contributed by atoms with E-state index in [1.165, 1.54) is 0 Å². The lowest BCUT2D eigenvalue weighted by Gasteiger charge is -2.18. The van der Waals surface area contributed by atoms with E-state index < -0.39 is 0 Å². The van der Waals surface area contributed by atoms with E-state index in [0.717, 1.165) is 10.5 Å². The molecule has 1 aromatic rings. The monoisotopic (exact) mass is 196 g/mol. The Balaban J connectivity index is 2.96. The molecule has 0 atom stereocenters. The van der Waals surface area contributed by atoms with Crippen molar-refractivity contribution in [3.05, 3.63) is 23.8 Å². The fourth-order valence-corrected chi connectivity index (χ4v) is 2.11. The maximum absolute atomic E-state index is 9.74. The molecule has 0 aliphatic carbocycles. The van der Waals surface area contributed by atoms with Gasteiger partial charge >= 0.3 is 0 Å². The topological polar surface area (TPSA) is 20.2 Å². The third kappa shape index (κ3) is 2.96. The minimum atomic E-state index is 0.144. The Morgan fingerprint density at radius 1 is 1.23 bits per heavy atom. The Labute approximate surface area is 84.2 Å². The van der Waals surface area contributed by atoms with Crippen LogP contribution in [0.2, 0.25) is 0 Å². The maximum atomic E-state index is 9.74. The van der Waals surface area contributed by atoms with E-state index in [1.54, 1.807) is 11.8 Å². The number of thioether (sulfide) groups is 1. The molecule has 0 fully saturated rings. The first-order valence-electron chi connectivity index (χ1n) is 4.38. The van der Waals surface area contributed by atoms with Gasteiger partial charge in [-0.1, -0.05) is 32.9 Å². The van der Waals surface area contributed by atoms with Crippen LogP contribution in [0.4, 0.5) is 0 Å². The molecule has 0 bridgehead atoms. The SMILES string of the molecule is Cc1cccc(SC(C)(C)C)c1O. The van der Waals surface area contributed by atoms with Gasteiger partial charge in [-0.3, -0.25) is 0 Å². The van der Waals surface area contributed by atoms with E-state index in [0.29, 0.717) is 5.75 Å². The molecular formula is C11H16OS. The molecule has 1 nitrogen and oxygen atoms in total. The summed E-state index contributed by atoms with van der Waals surface area (Å²) in [4.78, 5) is 0.965. The van der Waals surface area contributed by atoms with Crippen LogP contribution in [0.1, 0.15) is 26.3 Å². The third-order valence-electron chi connectivity index (χ3n) is 1.62. The summed E-state index contributed by atoms with van der Waals surface area (Å²) in [5.74, 6) is 0.419. The molecule has 0 amide bonds. The summed E-state index contributed by atoms with van der Waals surface area (Å²) in [6.07, 6.45) is 0. The molecule has 1 rings (SSSR count). The van der Waals surface area contributed by atoms with Crippen molar-refractivity contribution in [2.75, 3.05) is 0 Å². The second-order valence-corrected chi connectivity index (χ2v) is 6.00. The number of para-hydroxylation sites is 1. The highest BCUT2D eigenvalue weighted by Crippen LogP contribution is 2.38. The van der Waals surface area contributed by atoms with Crippen molar-refractivity contribution in [1.82, 2.24) is 0 Å². The molecule has 0 aromatic heterocycles. The molecular weight excluding hydrogens is 180 g/mol. The normalized spacial score (nSPS) is 11.7. The summed E-state index contributed by atoms with van der Waals surface area (Å²) in [6, 6.07) is 5.85. The van der Waals surface area contributed by atoms with Gasteiger partial charge in [0.05, 0.1) is 0 Å². The second kappa shape index (κ2) is 3.62. The lowest BCUT2D eigenvalue weighted by molar-refractivity contribution is 0.457. The molecule has 0 spiro atoms. The standard InChI is InChI=1S/C11H16OS/c1-8-6-5-7-9(10(8)12)13-11(2,3)4/h5-7,12H,1-4H3. The summed E-state index contributed by atoms with van der Waals surface area (Å²) in [7, 11) is 0. The molecule has 13 heavy (non-hydrogen) atoms. The Kier molecular flexibility index (Phi) is 2.91. The minimum absolute atomic E-state index is 0.144. The van der Waals surface area contributed by atoms with E-state index in [9.17, 15) is 5.11 Å². The van der Waals surface area contributed by atoms with Crippen molar-refractivity contribution in [3.8, 4) is 5.75 Å². The van der Waals surface area contributed by atoms with E-state index >= 15 is 0 Å². The molecule has 72 valence electrons. The summed E-state index contributed by atoms with van der Waals surface area (Å²) in [5.41, 5.74) is 0.939. The van der Waals surface area contributed by atoms with Crippen LogP contribution in [0, 0.1) is 6.92 Å². The number of hydrogen-bond donors (Lipinski definition) is 1. The minimum Gasteiger partial charge on any atom is -0.507 e. The molecule has 2 heteroatoms. The smallest absolute Gasteiger partial charge is 0.132 e. The first kappa shape index (κ1) is 10.5. The summed E-state index contributed by atoms with van der Waals surface area (Å²) in [6.45, 7) is 8.33. The summed E-state index contributed by atoms with van der Waals surface area (Å²) < 4.78 is 0.144. The van der Waals surface area contributed by atoms with E-state index in [2.05, 4.69) is 20.8 Å². The fraction of sp³-hybridized carbons (Fsp3) is 0.455. The number of phenolic OH excluding ortho intramolecular Hbond substituents is 1. The highest BCUT2D eigenvalue weighted by atomic mass is 32.2. The molecule has 0 saturated heterocycles. The zero-order valence-corrected chi connectivity index (χ0v) is 9.40. The Bertz CT molecular complexity index is 299. The van der Waals surface area contributed by atoms with Crippen LogP contribution in [-0.4, -0.2) is 9.85 Å². The molecule has 0 radical (unpaired) electrons. The van der Waals surface area contributed by atoms with Crippen molar-refractivity contribution in [1.29, 1.82) is 0 Å². The zero-order valence-electron chi connectivity index (χ0n) is 8.59. The van der Waals surface area contributed by atoms with Crippen molar-refractivity contribution in [2.24, 2.45) is 0 Å². The van der Waals surface area contributed by atoms with Gasteiger partial charge in [-0.2, -0.15) is 0 Å². The molecule has 0 aliphatic rings. The number of hydrogen-bond acceptors (Lipinski definition) is 2. The Hall–Kier alpha value is -0.630. The molecule has 0 saturated carbocycles. The average molecular weight is 196 g/mol. The van der Waals surface area contributed by atoms with Crippen molar-refractivity contribution in [3.63, 3.8) is 0 Å². The zero-order chi connectivity index (χ0) is 10.1. The van der Waals surface area contributed by atoms with Crippen LogP contribution < -0.4 is 0 Å². The Morgan fingerprint density at radius 3 is 2.38 bits per heavy atom. The number of aryl methyl sites for hydroxylation is 1. The number of phenols is 1. The first-order valence-corrected chi connectivity index (χ1v) is 5.19. The predicted octanol–water partition coefficient (Wildman–Crippen LogP) is 3.59. The largest absolute Gasteiger partial charge is 0.507 e. The first-order chi connectivity index (χ1) is 5.90. The molecule has 1 N–H and O–H groups in total. The van der Waals surface area contributed by atoms with Crippen molar-refractivity contribution >= 4 is 11.8 Å². The van der Waals surface area contributed by atoms with Gasteiger partial charge in [0, 0.05) is 9.64 Å². The molecule has 1 aromatic carbocycles. The van der Waals surface area contributed by atoms with E-state index in [-0.39, 0.29) is 4.75 Å². The van der Waals surface area contributed by atoms with Crippen molar-refractivity contribution < 1.29 is 5.11 Å². The third-order valence-corrected chi connectivity index (χ3v) is 2.78. The van der Waals surface area contributed by atoms with Crippen molar-refractivity contribution in [2.45, 2.75) is 37.3 Å². The van der Waals surface area contributed by atoms with Crippen LogP contribution in [0.15, 0.2) is 23.1 Å². The lowest BCUT2D eigenvalue weighted by atomic mass is 10.2. The number of benzene rings is 1. The summed E-state index contributed by atoms with van der Waals surface area (Å²) >= 11 is 1.69. The number of rotatable bonds is 1. The van der Waals surface area contributed by atoms with Crippen LogP contribution in [-0.2, 0) is 0 Å². The lowest BCUT2D eigenvalue weighted by Crippen LogP contribution is -2.06. The maximum Gasteiger partial charge on any atom is 0.132 e. The highest BCUT2D eigenvalue weighted by molar-refractivity contribution is 8.00. The molecule has 0 heterocycles. The molecule has 0 aliphatic heterocycles. The van der Waals surface area contributed by atoms with Gasteiger partial charge in [-0.15, -0.1) is 11.8 Å². The van der Waals surface area contributed by atoms with E-state index in [4.69, 9.17) is 0 Å². The average Bonchev–Trinajstić information content (AvgIpc) is 1.96. The fourth-order valence-electron chi connectivity index (χ4n) is 1.04. The van der Waals surface area contributed by atoms with Crippen LogP contribution in [0.5, 0.6) is 5.75 Å². The van der Waals surface area contributed by atoms with Crippen LogP contribution in [0.25, 0.3) is 0 Å². The quantitative estimate of drug-likeness (QED) is 0.693. The van der Waals surface area contributed by atoms with E-state index in [1.807, 2.05) is 25.1 Å². The molecule has 0 unspecified atom stereocenters. The second-order valence-electron chi connectivity index (χ2n) is 4.14. The highest BCUT2D eigenvalue weighted by Gasteiger charge is 2.14. The predicted molar refractivity (Wildman–Crippen MR) is 58.5 cm³/mol. The van der Waals surface area contributed by atoms with Gasteiger partial charge in [-0.25, -0.2) is 0 Å². The Morgan fingerprint density at radius 2 is 1.85 bits per heavy atom. The number of aromatic hydroxyl groups is 1. The van der Waals surface area contributed by atoms with Crippen LogP contribution >= 0.6 is 11.8 Å². The van der Waals surface area contributed by atoms with Gasteiger partial charge in [0.25, 0.3) is 0 Å². The van der Waals surface area contributed by atoms with Gasteiger partial charge in [-0.05, 0) is 18.6 Å². The van der Waals surface area contributed by atoms with Gasteiger partial charge in [0.2, 0.25) is 0 Å². The summed E-state index contributed by atoms with van der Waals surface area (Å²) in [5, 5.41) is 9.74. The van der Waals surface area contributed by atoms with Gasteiger partial charge in [0.15, 0.2) is 0 Å². The van der Waals surface area contributed by atoms with Gasteiger partial charge in [0.1, 0.15) is 5.75 Å².